The molecule has 138 valence electrons. The Kier molecular flexibility index (Phi) is 3.54. The van der Waals surface area contributed by atoms with E-state index in [1.807, 2.05) is 18.5 Å². The largest absolute Gasteiger partial charge is 0.328 e. The minimum atomic E-state index is -0.0114. The molecule has 8 heteroatoms. The molecule has 8 nitrogen and oxygen atoms in total. The Balaban J connectivity index is 1.51. The highest BCUT2D eigenvalue weighted by Gasteiger charge is 2.16. The van der Waals surface area contributed by atoms with Crippen molar-refractivity contribution in [1.82, 2.24) is 33.8 Å². The molecule has 3 aromatic heterocycles. The van der Waals surface area contributed by atoms with Gasteiger partial charge in [0, 0.05) is 46.1 Å². The maximum Gasteiger partial charge on any atom is 0.328 e. The molecule has 0 fully saturated rings. The monoisotopic (exact) mass is 363 g/mol. The Morgan fingerprint density at radius 3 is 2.85 bits per heavy atom. The molecule has 0 saturated heterocycles. The SMILES string of the molecule is Cn1c(=O)n(C)c2cc(Cn3ccnc3-c3cc4n(n3)CCNC4)ccc21. The molecule has 0 radical (unpaired) electrons. The first-order valence-corrected chi connectivity index (χ1v) is 9.05. The van der Waals surface area contributed by atoms with Gasteiger partial charge in [0.05, 0.1) is 23.3 Å². The number of fused-ring (bicyclic) bond motifs is 2. The molecule has 1 N–H and O–H groups in total. The number of benzene rings is 1. The average Bonchev–Trinajstić information content (AvgIpc) is 3.36. The van der Waals surface area contributed by atoms with Gasteiger partial charge in [0.1, 0.15) is 5.69 Å². The van der Waals surface area contributed by atoms with Gasteiger partial charge in [-0.25, -0.2) is 9.78 Å². The molecule has 0 aliphatic carbocycles. The number of hydrogen-bond donors (Lipinski definition) is 1. The first-order chi connectivity index (χ1) is 13.1. The maximum absolute atomic E-state index is 12.1. The van der Waals surface area contributed by atoms with E-state index in [2.05, 4.69) is 37.7 Å². The zero-order valence-electron chi connectivity index (χ0n) is 15.4. The third kappa shape index (κ3) is 2.52. The van der Waals surface area contributed by atoms with Crippen LogP contribution in [0, 0.1) is 0 Å². The molecule has 0 spiro atoms. The summed E-state index contributed by atoms with van der Waals surface area (Å²) in [6, 6.07) is 8.25. The van der Waals surface area contributed by atoms with Crippen LogP contribution in [0.2, 0.25) is 0 Å². The van der Waals surface area contributed by atoms with Crippen molar-refractivity contribution >= 4 is 11.0 Å². The number of imidazole rings is 2. The van der Waals surface area contributed by atoms with E-state index in [1.54, 1.807) is 23.2 Å². The van der Waals surface area contributed by atoms with Crippen LogP contribution in [0.4, 0.5) is 0 Å². The van der Waals surface area contributed by atoms with E-state index < -0.39 is 0 Å². The molecule has 0 saturated carbocycles. The summed E-state index contributed by atoms with van der Waals surface area (Å²) in [5.41, 5.74) is 5.06. The molecule has 0 unspecified atom stereocenters. The normalized spacial score (nSPS) is 14.0. The predicted octanol–water partition coefficient (Wildman–Crippen LogP) is 1.09. The number of hydrogen-bond acceptors (Lipinski definition) is 4. The number of nitrogens with zero attached hydrogens (tertiary/aromatic N) is 6. The molecular weight excluding hydrogens is 342 g/mol. The van der Waals surface area contributed by atoms with Crippen LogP contribution in [0.3, 0.4) is 0 Å². The molecule has 1 aliphatic heterocycles. The first-order valence-electron chi connectivity index (χ1n) is 9.05. The van der Waals surface area contributed by atoms with Gasteiger partial charge in [-0.3, -0.25) is 13.8 Å². The molecule has 27 heavy (non-hydrogen) atoms. The second kappa shape index (κ2) is 5.95. The van der Waals surface area contributed by atoms with E-state index in [1.165, 1.54) is 5.69 Å². The second-order valence-electron chi connectivity index (χ2n) is 7.02. The fourth-order valence-electron chi connectivity index (χ4n) is 3.82. The van der Waals surface area contributed by atoms with E-state index in [0.29, 0.717) is 6.54 Å². The summed E-state index contributed by atoms with van der Waals surface area (Å²) in [4.78, 5) is 16.7. The predicted molar refractivity (Wildman–Crippen MR) is 102 cm³/mol. The van der Waals surface area contributed by atoms with Crippen LogP contribution in [-0.2, 0) is 33.7 Å². The molecule has 5 rings (SSSR count). The van der Waals surface area contributed by atoms with Crippen LogP contribution in [0.5, 0.6) is 0 Å². The minimum Gasteiger partial charge on any atom is -0.325 e. The molecule has 1 aromatic carbocycles. The van der Waals surface area contributed by atoms with Gasteiger partial charge < -0.3 is 9.88 Å². The summed E-state index contributed by atoms with van der Waals surface area (Å²) in [5, 5.41) is 8.08. The van der Waals surface area contributed by atoms with Gasteiger partial charge in [-0.2, -0.15) is 5.10 Å². The molecule has 1 aliphatic rings. The van der Waals surface area contributed by atoms with Crippen LogP contribution >= 0.6 is 0 Å². The zero-order valence-corrected chi connectivity index (χ0v) is 15.4. The van der Waals surface area contributed by atoms with Crippen molar-refractivity contribution in [1.29, 1.82) is 0 Å². The molecular formula is C19H21N7O. The van der Waals surface area contributed by atoms with E-state index in [0.717, 1.165) is 47.7 Å². The summed E-state index contributed by atoms with van der Waals surface area (Å²) in [5.74, 6) is 0.860. The van der Waals surface area contributed by atoms with Crippen molar-refractivity contribution in [3.05, 3.63) is 58.4 Å². The lowest BCUT2D eigenvalue weighted by molar-refractivity contribution is 0.476. The average molecular weight is 363 g/mol. The maximum atomic E-state index is 12.1. The van der Waals surface area contributed by atoms with Gasteiger partial charge in [0.2, 0.25) is 0 Å². The quantitative estimate of drug-likeness (QED) is 0.591. The summed E-state index contributed by atoms with van der Waals surface area (Å²) >= 11 is 0. The Hall–Kier alpha value is -3.13. The number of aryl methyl sites for hydroxylation is 2. The topological polar surface area (TPSA) is 74.6 Å². The molecule has 4 aromatic rings. The summed E-state index contributed by atoms with van der Waals surface area (Å²) in [6.45, 7) is 3.34. The summed E-state index contributed by atoms with van der Waals surface area (Å²) in [7, 11) is 3.61. The lowest BCUT2D eigenvalue weighted by atomic mass is 10.2. The smallest absolute Gasteiger partial charge is 0.325 e. The number of rotatable bonds is 3. The molecule has 0 atom stereocenters. The van der Waals surface area contributed by atoms with Crippen LogP contribution in [-0.4, -0.2) is 35.0 Å². The molecule has 0 amide bonds. The lowest BCUT2D eigenvalue weighted by Gasteiger charge is -2.13. The van der Waals surface area contributed by atoms with Gasteiger partial charge >= 0.3 is 5.69 Å². The van der Waals surface area contributed by atoms with Crippen molar-refractivity contribution in [2.24, 2.45) is 14.1 Å². The van der Waals surface area contributed by atoms with Crippen LogP contribution in [0.15, 0.2) is 41.5 Å². The van der Waals surface area contributed by atoms with Gasteiger partial charge in [-0.05, 0) is 23.8 Å². The van der Waals surface area contributed by atoms with Crippen LogP contribution in [0.1, 0.15) is 11.3 Å². The highest BCUT2D eigenvalue weighted by Crippen LogP contribution is 2.21. The van der Waals surface area contributed by atoms with Gasteiger partial charge in [-0.1, -0.05) is 6.07 Å². The lowest BCUT2D eigenvalue weighted by Crippen LogP contribution is -2.28. The highest BCUT2D eigenvalue weighted by molar-refractivity contribution is 5.76. The Morgan fingerprint density at radius 2 is 2.00 bits per heavy atom. The first kappa shape index (κ1) is 16.1. The Labute approximate surface area is 155 Å². The number of nitrogens with one attached hydrogen (secondary N) is 1. The summed E-state index contributed by atoms with van der Waals surface area (Å²) < 4.78 is 7.51. The van der Waals surface area contributed by atoms with Crippen molar-refractivity contribution in [2.45, 2.75) is 19.6 Å². The van der Waals surface area contributed by atoms with E-state index >= 15 is 0 Å². The van der Waals surface area contributed by atoms with Crippen molar-refractivity contribution in [3.63, 3.8) is 0 Å². The van der Waals surface area contributed by atoms with E-state index in [9.17, 15) is 4.79 Å². The fraction of sp³-hybridized carbons (Fsp3) is 0.316. The third-order valence-electron chi connectivity index (χ3n) is 5.30. The molecule has 0 bridgehead atoms. The fourth-order valence-corrected chi connectivity index (χ4v) is 3.82. The molecule has 4 heterocycles. The minimum absolute atomic E-state index is 0.0114. The van der Waals surface area contributed by atoms with Gasteiger partial charge in [0.15, 0.2) is 5.82 Å². The van der Waals surface area contributed by atoms with Crippen LogP contribution in [0.25, 0.3) is 22.6 Å². The standard InChI is InChI=1S/C19H21N7O/c1-23-16-4-3-13(9-17(16)24(2)19(23)27)12-25-7-6-21-18(25)15-10-14-11-20-5-8-26(14)22-15/h3-4,6-7,9-10,20H,5,8,11-12H2,1-2H3. The number of aromatic nitrogens is 6. The van der Waals surface area contributed by atoms with Crippen molar-refractivity contribution in [2.75, 3.05) is 6.54 Å². The zero-order chi connectivity index (χ0) is 18.5. The second-order valence-corrected chi connectivity index (χ2v) is 7.02. The third-order valence-corrected chi connectivity index (χ3v) is 5.30. The van der Waals surface area contributed by atoms with Gasteiger partial charge in [0.25, 0.3) is 0 Å². The summed E-state index contributed by atoms with van der Waals surface area (Å²) in [6.07, 6.45) is 3.78. The van der Waals surface area contributed by atoms with Crippen molar-refractivity contribution in [3.8, 4) is 11.5 Å². The van der Waals surface area contributed by atoms with Crippen molar-refractivity contribution < 1.29 is 0 Å². The Morgan fingerprint density at radius 1 is 1.15 bits per heavy atom. The van der Waals surface area contributed by atoms with Crippen LogP contribution < -0.4 is 11.0 Å². The highest BCUT2D eigenvalue weighted by atomic mass is 16.1. The van der Waals surface area contributed by atoms with E-state index in [4.69, 9.17) is 5.10 Å². The Bertz CT molecular complexity index is 1180. The van der Waals surface area contributed by atoms with Gasteiger partial charge in [-0.15, -0.1) is 0 Å². The van der Waals surface area contributed by atoms with E-state index in [-0.39, 0.29) is 5.69 Å².